The zero-order valence-corrected chi connectivity index (χ0v) is 14.7. The Morgan fingerprint density at radius 3 is 1.38 bits per heavy atom. The average molecular weight is 366 g/mol. The van der Waals surface area contributed by atoms with Gasteiger partial charge in [-0.1, -0.05) is 13.8 Å². The van der Waals surface area contributed by atoms with E-state index in [0.717, 1.165) is 0 Å². The second-order valence-electron chi connectivity index (χ2n) is 5.38. The number of carbonyl (C=O) groups excluding carboxylic acids is 2. The minimum atomic E-state index is -1.22. The third-order valence-corrected chi connectivity index (χ3v) is 3.70. The van der Waals surface area contributed by atoms with E-state index in [4.69, 9.17) is 9.47 Å². The number of hydrogen-bond acceptors (Lipinski definition) is 6. The van der Waals surface area contributed by atoms with Crippen molar-refractivity contribution in [2.24, 2.45) is 0 Å². The number of rotatable bonds is 10. The van der Waals surface area contributed by atoms with Gasteiger partial charge in [0.05, 0.1) is 24.3 Å². The molecule has 2 N–H and O–H groups in total. The molecule has 0 atom stereocenters. The predicted molar refractivity (Wildman–Crippen MR) is 90.3 cm³/mol. The lowest BCUT2D eigenvalue weighted by molar-refractivity contribution is -0.144. The van der Waals surface area contributed by atoms with E-state index < -0.39 is 23.9 Å². The second-order valence-corrected chi connectivity index (χ2v) is 5.38. The van der Waals surface area contributed by atoms with Gasteiger partial charge in [-0.25, -0.2) is 9.59 Å². The molecule has 0 heterocycles. The Bertz CT molecular complexity index is 634. The van der Waals surface area contributed by atoms with Gasteiger partial charge in [-0.2, -0.15) is 0 Å². The summed E-state index contributed by atoms with van der Waals surface area (Å²) in [7, 11) is 0. The quantitative estimate of drug-likeness (QED) is 0.603. The third-order valence-electron chi connectivity index (χ3n) is 3.70. The molecule has 0 unspecified atom stereocenters. The third kappa shape index (κ3) is 5.87. The van der Waals surface area contributed by atoms with E-state index in [-0.39, 0.29) is 61.2 Å². The van der Waals surface area contributed by atoms with Crippen molar-refractivity contribution in [1.29, 1.82) is 0 Å². The fourth-order valence-corrected chi connectivity index (χ4v) is 2.40. The van der Waals surface area contributed by atoms with Crippen LogP contribution in [0.15, 0.2) is 12.1 Å². The maximum atomic E-state index is 11.5. The highest BCUT2D eigenvalue weighted by Crippen LogP contribution is 2.22. The van der Waals surface area contributed by atoms with Crippen LogP contribution in [0.3, 0.4) is 0 Å². The fraction of sp³-hybridized carbons (Fsp3) is 0.444. The van der Waals surface area contributed by atoms with E-state index in [1.165, 1.54) is 12.1 Å². The second kappa shape index (κ2) is 10.2. The number of esters is 2. The van der Waals surface area contributed by atoms with E-state index >= 15 is 0 Å². The van der Waals surface area contributed by atoms with Crippen LogP contribution in [0.2, 0.25) is 0 Å². The smallest absolute Gasteiger partial charge is 0.335 e. The first-order valence-electron chi connectivity index (χ1n) is 8.24. The molecule has 0 aliphatic carbocycles. The molecule has 8 heteroatoms. The SMILES string of the molecule is CCC(=O)OCCc1c(C(=O)O)ccc(C(=O)O)c1CCOC(=O)CC. The van der Waals surface area contributed by atoms with Crippen LogP contribution in [0, 0.1) is 0 Å². The van der Waals surface area contributed by atoms with Crippen molar-refractivity contribution < 1.29 is 38.9 Å². The molecule has 0 aromatic heterocycles. The first-order valence-corrected chi connectivity index (χ1v) is 8.24. The Balaban J connectivity index is 3.18. The maximum absolute atomic E-state index is 11.5. The van der Waals surface area contributed by atoms with Crippen LogP contribution in [0.4, 0.5) is 0 Å². The molecule has 142 valence electrons. The molecule has 0 fully saturated rings. The van der Waals surface area contributed by atoms with Gasteiger partial charge in [0.1, 0.15) is 0 Å². The molecule has 26 heavy (non-hydrogen) atoms. The van der Waals surface area contributed by atoms with Crippen molar-refractivity contribution in [1.82, 2.24) is 0 Å². The Morgan fingerprint density at radius 2 is 1.12 bits per heavy atom. The Kier molecular flexibility index (Phi) is 8.27. The summed E-state index contributed by atoms with van der Waals surface area (Å²) in [6.45, 7) is 3.11. The van der Waals surface area contributed by atoms with Gasteiger partial charge in [0, 0.05) is 25.7 Å². The molecule has 0 amide bonds. The topological polar surface area (TPSA) is 127 Å². The van der Waals surface area contributed by atoms with Crippen molar-refractivity contribution in [3.05, 3.63) is 34.4 Å². The number of carbonyl (C=O) groups is 4. The summed E-state index contributed by atoms with van der Waals surface area (Å²) >= 11 is 0. The standard InChI is InChI=1S/C18H22O8/c1-3-15(19)25-9-7-11-12(8-10-26-16(20)4-2)14(18(23)24)6-5-13(11)17(21)22/h5-6H,3-4,7-10H2,1-2H3,(H,21,22)(H,23,24). The van der Waals surface area contributed by atoms with E-state index in [9.17, 15) is 29.4 Å². The summed E-state index contributed by atoms with van der Waals surface area (Å²) < 4.78 is 9.96. The lowest BCUT2D eigenvalue weighted by Crippen LogP contribution is -2.17. The molecule has 0 radical (unpaired) electrons. The average Bonchev–Trinajstić information content (AvgIpc) is 2.61. The first kappa shape index (κ1) is 21.1. The molecule has 0 saturated heterocycles. The Labute approximate surface area is 150 Å². The number of hydrogen-bond donors (Lipinski definition) is 2. The molecular formula is C18H22O8. The van der Waals surface area contributed by atoms with Crippen LogP contribution in [-0.4, -0.2) is 47.3 Å². The molecule has 0 bridgehead atoms. The number of carboxylic acids is 2. The van der Waals surface area contributed by atoms with E-state index in [1.54, 1.807) is 13.8 Å². The van der Waals surface area contributed by atoms with E-state index in [2.05, 4.69) is 0 Å². The lowest BCUT2D eigenvalue weighted by atomic mass is 9.92. The molecule has 1 aromatic carbocycles. The van der Waals surface area contributed by atoms with Crippen LogP contribution in [0.25, 0.3) is 0 Å². The van der Waals surface area contributed by atoms with Gasteiger partial charge in [0.25, 0.3) is 0 Å². The summed E-state index contributed by atoms with van der Waals surface area (Å²) in [4.78, 5) is 45.5. The highest BCUT2D eigenvalue weighted by atomic mass is 16.5. The number of carboxylic acid groups (broad SMARTS) is 2. The van der Waals surface area contributed by atoms with Gasteiger partial charge < -0.3 is 19.7 Å². The minimum Gasteiger partial charge on any atom is -0.478 e. The van der Waals surface area contributed by atoms with Crippen LogP contribution < -0.4 is 0 Å². The van der Waals surface area contributed by atoms with E-state index in [1.807, 2.05) is 0 Å². The fourth-order valence-electron chi connectivity index (χ4n) is 2.40. The van der Waals surface area contributed by atoms with Crippen LogP contribution in [-0.2, 0) is 31.9 Å². The molecule has 0 spiro atoms. The van der Waals surface area contributed by atoms with Crippen LogP contribution in [0.1, 0.15) is 58.5 Å². The highest BCUT2D eigenvalue weighted by molar-refractivity contribution is 5.95. The maximum Gasteiger partial charge on any atom is 0.335 e. The molecule has 0 saturated carbocycles. The predicted octanol–water partition coefficient (Wildman–Crippen LogP) is 2.07. The molecule has 8 nitrogen and oxygen atoms in total. The lowest BCUT2D eigenvalue weighted by Gasteiger charge is -2.16. The van der Waals surface area contributed by atoms with Crippen molar-refractivity contribution in [2.75, 3.05) is 13.2 Å². The molecule has 1 rings (SSSR count). The normalized spacial score (nSPS) is 10.2. The van der Waals surface area contributed by atoms with Crippen molar-refractivity contribution in [3.8, 4) is 0 Å². The molecule has 0 aliphatic rings. The van der Waals surface area contributed by atoms with Crippen molar-refractivity contribution in [2.45, 2.75) is 39.5 Å². The first-order chi connectivity index (χ1) is 12.3. The van der Waals surface area contributed by atoms with Gasteiger partial charge in [0.2, 0.25) is 0 Å². The van der Waals surface area contributed by atoms with Crippen LogP contribution in [0.5, 0.6) is 0 Å². The van der Waals surface area contributed by atoms with Gasteiger partial charge in [-0.3, -0.25) is 9.59 Å². The minimum absolute atomic E-state index is 0.0472. The largest absolute Gasteiger partial charge is 0.478 e. The number of ether oxygens (including phenoxy) is 2. The van der Waals surface area contributed by atoms with Crippen molar-refractivity contribution >= 4 is 23.9 Å². The van der Waals surface area contributed by atoms with Gasteiger partial charge in [-0.05, 0) is 23.3 Å². The molecular weight excluding hydrogens is 344 g/mol. The summed E-state index contributed by atoms with van der Waals surface area (Å²) in [5, 5.41) is 18.8. The number of benzene rings is 1. The summed E-state index contributed by atoms with van der Waals surface area (Å²) in [6.07, 6.45) is 0.457. The van der Waals surface area contributed by atoms with Crippen LogP contribution >= 0.6 is 0 Å². The summed E-state index contributed by atoms with van der Waals surface area (Å²) in [5.41, 5.74) is 0.376. The van der Waals surface area contributed by atoms with Crippen molar-refractivity contribution in [3.63, 3.8) is 0 Å². The summed E-state index contributed by atoms with van der Waals surface area (Å²) in [6, 6.07) is 2.43. The summed E-state index contributed by atoms with van der Waals surface area (Å²) in [5.74, 6) is -3.31. The zero-order valence-electron chi connectivity index (χ0n) is 14.7. The monoisotopic (exact) mass is 366 g/mol. The molecule has 1 aromatic rings. The zero-order chi connectivity index (χ0) is 19.7. The Hall–Kier alpha value is -2.90. The molecule has 0 aliphatic heterocycles. The van der Waals surface area contributed by atoms with Gasteiger partial charge >= 0.3 is 23.9 Å². The van der Waals surface area contributed by atoms with E-state index in [0.29, 0.717) is 0 Å². The Morgan fingerprint density at radius 1 is 0.769 bits per heavy atom. The highest BCUT2D eigenvalue weighted by Gasteiger charge is 2.21. The number of aromatic carboxylic acids is 2. The van der Waals surface area contributed by atoms with Gasteiger partial charge in [-0.15, -0.1) is 0 Å². The van der Waals surface area contributed by atoms with Gasteiger partial charge in [0.15, 0.2) is 0 Å².